The van der Waals surface area contributed by atoms with Crippen LogP contribution in [0.3, 0.4) is 0 Å². The van der Waals surface area contributed by atoms with Crippen LogP contribution in [0.2, 0.25) is 0 Å². The predicted molar refractivity (Wildman–Crippen MR) is 220 cm³/mol. The zero-order valence-corrected chi connectivity index (χ0v) is 34.7. The third-order valence-corrected chi connectivity index (χ3v) is 9.55. The number of amides is 7. The number of likely N-dealkylation sites (tertiary alicyclic amines) is 1. The van der Waals surface area contributed by atoms with E-state index in [1.807, 2.05) is 13.8 Å². The minimum absolute atomic E-state index is 0.0294. The Balaban J connectivity index is 2.39. The molecule has 2 rings (SSSR count). The third kappa shape index (κ3) is 17.2. The van der Waals surface area contributed by atoms with Gasteiger partial charge in [0.25, 0.3) is 0 Å². The Morgan fingerprint density at radius 3 is 1.75 bits per heavy atom. The molecule has 1 aliphatic rings. The summed E-state index contributed by atoms with van der Waals surface area (Å²) in [4.78, 5) is 111. The van der Waals surface area contributed by atoms with E-state index in [1.54, 1.807) is 44.2 Å². The third-order valence-electron chi connectivity index (χ3n) is 9.55. The van der Waals surface area contributed by atoms with Gasteiger partial charge < -0.3 is 64.6 Å². The lowest BCUT2D eigenvalue weighted by Crippen LogP contribution is -2.60. The lowest BCUT2D eigenvalue weighted by Gasteiger charge is -2.29. The first-order chi connectivity index (χ1) is 28.2. The van der Waals surface area contributed by atoms with Gasteiger partial charge in [-0.3, -0.25) is 38.6 Å². The first-order valence-corrected chi connectivity index (χ1v) is 20.0. The molecule has 1 fully saturated rings. The molecular formula is C39H63N11O10. The zero-order chi connectivity index (χ0) is 45.1. The second-order valence-electron chi connectivity index (χ2n) is 15.7. The van der Waals surface area contributed by atoms with Crippen molar-refractivity contribution in [3.8, 4) is 0 Å². The fraction of sp³-hybridized carbons (Fsp3) is 0.615. The molecule has 7 unspecified atom stereocenters. The van der Waals surface area contributed by atoms with Crippen LogP contribution in [0.1, 0.15) is 78.2 Å². The average Bonchev–Trinajstić information content (AvgIpc) is 3.67. The highest BCUT2D eigenvalue weighted by Crippen LogP contribution is 2.20. The number of carbonyl (C=O) groups is 8. The van der Waals surface area contributed by atoms with Gasteiger partial charge in [-0.25, -0.2) is 4.79 Å². The first kappa shape index (κ1) is 50.3. The number of carboxylic acids is 1. The smallest absolute Gasteiger partial charge is 0.326 e. The largest absolute Gasteiger partial charge is 0.480 e. The van der Waals surface area contributed by atoms with Gasteiger partial charge in [-0.05, 0) is 55.9 Å². The molecule has 60 heavy (non-hydrogen) atoms. The maximum atomic E-state index is 14.0. The quantitative estimate of drug-likeness (QED) is 0.0267. The number of guanidine groups is 1. The number of benzene rings is 1. The number of hydrogen-bond donors (Lipinski definition) is 11. The summed E-state index contributed by atoms with van der Waals surface area (Å²) in [6.45, 7) is 6.71. The van der Waals surface area contributed by atoms with Crippen LogP contribution in [-0.4, -0.2) is 130 Å². The number of hydrogen-bond acceptors (Lipinski definition) is 11. The van der Waals surface area contributed by atoms with Gasteiger partial charge in [0.05, 0.1) is 13.0 Å². The van der Waals surface area contributed by atoms with Crippen molar-refractivity contribution in [3.63, 3.8) is 0 Å². The van der Waals surface area contributed by atoms with Crippen LogP contribution in [-0.2, 0) is 44.8 Å². The molecule has 1 saturated heterocycles. The number of carboxylic acid groups (broad SMARTS) is 1. The summed E-state index contributed by atoms with van der Waals surface area (Å²) in [5, 5.41) is 32.1. The Morgan fingerprint density at radius 1 is 0.750 bits per heavy atom. The van der Waals surface area contributed by atoms with E-state index in [4.69, 9.17) is 22.9 Å². The molecule has 1 heterocycles. The molecule has 7 atom stereocenters. The number of carbonyl (C=O) groups excluding carboxylic acids is 7. The van der Waals surface area contributed by atoms with Gasteiger partial charge in [0, 0.05) is 19.5 Å². The number of aliphatic hydroxyl groups excluding tert-OH is 1. The summed E-state index contributed by atoms with van der Waals surface area (Å²) in [7, 11) is 0. The van der Waals surface area contributed by atoms with Crippen molar-refractivity contribution in [1.82, 2.24) is 31.5 Å². The minimum atomic E-state index is -1.55. The summed E-state index contributed by atoms with van der Waals surface area (Å²) in [5.41, 5.74) is 22.7. The molecule has 21 heteroatoms. The Hall–Kier alpha value is -5.83. The van der Waals surface area contributed by atoms with Crippen LogP contribution >= 0.6 is 0 Å². The molecule has 0 saturated carbocycles. The topological polar surface area (TPSA) is 357 Å². The van der Waals surface area contributed by atoms with Gasteiger partial charge in [-0.15, -0.1) is 0 Å². The van der Waals surface area contributed by atoms with Crippen molar-refractivity contribution < 1.29 is 48.6 Å². The van der Waals surface area contributed by atoms with Gasteiger partial charge in [-0.1, -0.05) is 58.0 Å². The SMILES string of the molecule is CC(C)CC(NC(=O)C(Cc1ccccc1)NC(=O)C(N)CO)C(=O)NC(CC(C)C)C(=O)NC(CCCN=C(N)N)C(=O)NC(CC(N)=O)C(=O)N1CCCC1C(=O)O. The molecule has 334 valence electrons. The van der Waals surface area contributed by atoms with Crippen molar-refractivity contribution in [2.75, 3.05) is 19.7 Å². The molecule has 1 aromatic rings. The second-order valence-corrected chi connectivity index (χ2v) is 15.7. The summed E-state index contributed by atoms with van der Waals surface area (Å²) >= 11 is 0. The Bertz CT molecular complexity index is 1670. The Kier molecular flexibility index (Phi) is 20.9. The van der Waals surface area contributed by atoms with Gasteiger partial charge >= 0.3 is 5.97 Å². The number of rotatable bonds is 25. The minimum Gasteiger partial charge on any atom is -0.480 e. The lowest BCUT2D eigenvalue weighted by molar-refractivity contribution is -0.149. The molecule has 1 aromatic carbocycles. The van der Waals surface area contributed by atoms with Gasteiger partial charge in [-0.2, -0.15) is 0 Å². The van der Waals surface area contributed by atoms with E-state index in [-0.39, 0.29) is 69.4 Å². The predicted octanol–water partition coefficient (Wildman–Crippen LogP) is -2.93. The fourth-order valence-corrected chi connectivity index (χ4v) is 6.58. The van der Waals surface area contributed by atoms with Crippen LogP contribution in [0, 0.1) is 11.8 Å². The molecule has 0 spiro atoms. The van der Waals surface area contributed by atoms with E-state index in [2.05, 4.69) is 31.6 Å². The second kappa shape index (κ2) is 24.9. The van der Waals surface area contributed by atoms with E-state index in [0.29, 0.717) is 12.0 Å². The maximum Gasteiger partial charge on any atom is 0.326 e. The normalized spacial score (nSPS) is 16.7. The summed E-state index contributed by atoms with van der Waals surface area (Å²) in [5.74, 6) is -7.45. The highest BCUT2D eigenvalue weighted by molar-refractivity contribution is 5.98. The molecule has 21 nitrogen and oxygen atoms in total. The Morgan fingerprint density at radius 2 is 1.25 bits per heavy atom. The first-order valence-electron chi connectivity index (χ1n) is 20.0. The van der Waals surface area contributed by atoms with Crippen molar-refractivity contribution in [2.24, 2.45) is 39.8 Å². The van der Waals surface area contributed by atoms with Crippen molar-refractivity contribution >= 4 is 53.3 Å². The van der Waals surface area contributed by atoms with E-state index in [0.717, 1.165) is 4.90 Å². The van der Waals surface area contributed by atoms with Crippen LogP contribution < -0.4 is 49.5 Å². The number of nitrogens with one attached hydrogen (secondary N) is 5. The summed E-state index contributed by atoms with van der Waals surface area (Å²) in [6.07, 6.45) is 0.238. The van der Waals surface area contributed by atoms with Crippen molar-refractivity contribution in [1.29, 1.82) is 0 Å². The standard InChI is InChI=1S/C39H63N11O10/c1-21(2)16-26(47-35(56)27(17-22(3)4)48-36(57)28(46-32(53)24(40)20-51)18-23-10-6-5-7-11-23)34(55)45-25(12-8-14-44-39(42)43)33(54)49-29(19-31(41)52)37(58)50-15-9-13-30(50)38(59)60/h5-7,10-11,21-22,24-30,51H,8-9,12-20,40H2,1-4H3,(H2,41,52)(H,45,55)(H,46,53)(H,47,56)(H,48,57)(H,49,54)(H,59,60)(H4,42,43,44). The van der Waals surface area contributed by atoms with Gasteiger partial charge in [0.15, 0.2) is 5.96 Å². The number of aliphatic imine (C=N–C) groups is 1. The fourth-order valence-electron chi connectivity index (χ4n) is 6.58. The lowest BCUT2D eigenvalue weighted by atomic mass is 9.98. The molecular weight excluding hydrogens is 782 g/mol. The van der Waals surface area contributed by atoms with Crippen LogP contribution in [0.25, 0.3) is 0 Å². The molecule has 0 bridgehead atoms. The van der Waals surface area contributed by atoms with E-state index in [1.165, 1.54) is 0 Å². The van der Waals surface area contributed by atoms with Crippen LogP contribution in [0.5, 0.6) is 0 Å². The van der Waals surface area contributed by atoms with E-state index in [9.17, 15) is 48.6 Å². The maximum absolute atomic E-state index is 14.0. The molecule has 15 N–H and O–H groups in total. The monoisotopic (exact) mass is 845 g/mol. The van der Waals surface area contributed by atoms with Gasteiger partial charge in [0.2, 0.25) is 41.4 Å². The number of primary amides is 1. The highest BCUT2D eigenvalue weighted by atomic mass is 16.4. The molecule has 7 amide bonds. The highest BCUT2D eigenvalue weighted by Gasteiger charge is 2.39. The molecule has 0 aliphatic carbocycles. The van der Waals surface area contributed by atoms with Gasteiger partial charge in [0.1, 0.15) is 42.3 Å². The van der Waals surface area contributed by atoms with E-state index >= 15 is 0 Å². The molecule has 0 radical (unpaired) electrons. The van der Waals surface area contributed by atoms with Crippen molar-refractivity contribution in [2.45, 2.75) is 121 Å². The summed E-state index contributed by atoms with van der Waals surface area (Å²) < 4.78 is 0. The zero-order valence-electron chi connectivity index (χ0n) is 34.7. The van der Waals surface area contributed by atoms with Crippen molar-refractivity contribution in [3.05, 3.63) is 35.9 Å². The van der Waals surface area contributed by atoms with Crippen LogP contribution in [0.4, 0.5) is 0 Å². The van der Waals surface area contributed by atoms with E-state index < -0.39 is 103 Å². The number of nitrogens with two attached hydrogens (primary N) is 4. The average molecular weight is 846 g/mol. The Labute approximate surface area is 349 Å². The summed E-state index contributed by atoms with van der Waals surface area (Å²) in [6, 6.07) is -0.236. The number of nitrogens with zero attached hydrogens (tertiary/aromatic N) is 2. The molecule has 0 aromatic heterocycles. The molecule has 1 aliphatic heterocycles. The number of aliphatic hydroxyl groups is 1. The number of aliphatic carboxylic acids is 1. The van der Waals surface area contributed by atoms with Crippen LogP contribution in [0.15, 0.2) is 35.3 Å².